The molecule has 0 amide bonds. The molecule has 1 aromatic carbocycles. The number of hydrogen-bond acceptors (Lipinski definition) is 4. The van der Waals surface area contributed by atoms with Gasteiger partial charge in [-0.15, -0.1) is 11.6 Å². The summed E-state index contributed by atoms with van der Waals surface area (Å²) in [5.41, 5.74) is 0.487. The summed E-state index contributed by atoms with van der Waals surface area (Å²) in [5.74, 6) is 0.687. The molecule has 1 aliphatic heterocycles. The molecule has 4 rings (SSSR count). The summed E-state index contributed by atoms with van der Waals surface area (Å²) in [6, 6.07) is 5.20. The highest BCUT2D eigenvalue weighted by Gasteiger charge is 2.74. The molecule has 30 heavy (non-hydrogen) atoms. The summed E-state index contributed by atoms with van der Waals surface area (Å²) in [4.78, 5) is 30.8. The molecule has 168 valence electrons. The van der Waals surface area contributed by atoms with E-state index in [9.17, 15) is 14.4 Å². The van der Waals surface area contributed by atoms with E-state index in [0.717, 1.165) is 38.5 Å². The van der Waals surface area contributed by atoms with Gasteiger partial charge in [-0.1, -0.05) is 24.1 Å². The van der Waals surface area contributed by atoms with Gasteiger partial charge in [0.15, 0.2) is 5.60 Å². The van der Waals surface area contributed by atoms with E-state index in [1.165, 1.54) is 0 Å². The van der Waals surface area contributed by atoms with Gasteiger partial charge in [0, 0.05) is 23.1 Å². The van der Waals surface area contributed by atoms with Gasteiger partial charge in [-0.05, 0) is 74.5 Å². The lowest BCUT2D eigenvalue weighted by Crippen LogP contribution is -2.75. The lowest BCUT2D eigenvalue weighted by Gasteiger charge is -2.65. The zero-order chi connectivity index (χ0) is 21.6. The van der Waals surface area contributed by atoms with Crippen LogP contribution in [0.1, 0.15) is 56.6 Å². The van der Waals surface area contributed by atoms with Gasteiger partial charge >= 0.3 is 7.60 Å². The number of halogens is 2. The third kappa shape index (κ3) is 3.78. The van der Waals surface area contributed by atoms with Gasteiger partial charge in [0.25, 0.3) is 5.79 Å². The molecule has 2 aliphatic carbocycles. The summed E-state index contributed by atoms with van der Waals surface area (Å²) in [6.07, 6.45) is 5.84. The van der Waals surface area contributed by atoms with Crippen LogP contribution in [-0.4, -0.2) is 27.9 Å². The Morgan fingerprint density at radius 1 is 1.23 bits per heavy atom. The predicted octanol–water partition coefficient (Wildman–Crippen LogP) is 5.36. The van der Waals surface area contributed by atoms with Gasteiger partial charge in [0.1, 0.15) is 0 Å². The van der Waals surface area contributed by atoms with Crippen molar-refractivity contribution in [1.82, 2.24) is 0 Å². The summed E-state index contributed by atoms with van der Waals surface area (Å²) in [5, 5.41) is 0.314. The van der Waals surface area contributed by atoms with Crippen molar-refractivity contribution in [2.24, 2.45) is 17.8 Å². The number of ether oxygens (including phenoxy) is 1. The van der Waals surface area contributed by atoms with E-state index in [1.807, 2.05) is 13.0 Å². The van der Waals surface area contributed by atoms with Gasteiger partial charge in [0.05, 0.1) is 6.16 Å². The van der Waals surface area contributed by atoms with Crippen molar-refractivity contribution in [2.45, 2.75) is 63.0 Å². The van der Waals surface area contributed by atoms with E-state index in [1.54, 1.807) is 12.1 Å². The topological polar surface area (TPSA) is 85.2 Å². The minimum atomic E-state index is -4.28. The summed E-state index contributed by atoms with van der Waals surface area (Å²) < 4.78 is 17.9. The maximum Gasteiger partial charge on any atom is 0.329 e. The largest absolute Gasteiger partial charge is 0.342 e. The maximum atomic E-state index is 11.6. The maximum absolute atomic E-state index is 11.6. The van der Waals surface area contributed by atoms with Crippen LogP contribution >= 0.6 is 30.8 Å². The normalized spacial score (nSPS) is 36.0. The van der Waals surface area contributed by atoms with Crippen molar-refractivity contribution in [3.05, 3.63) is 34.3 Å². The molecule has 2 N–H and O–H groups in total. The number of rotatable bonds is 7. The van der Waals surface area contributed by atoms with Crippen LogP contribution in [0.3, 0.4) is 0 Å². The Morgan fingerprint density at radius 2 is 1.93 bits per heavy atom. The van der Waals surface area contributed by atoms with Crippen molar-refractivity contribution < 1.29 is 28.9 Å². The molecule has 1 spiro atoms. The molecule has 1 saturated heterocycles. The zero-order valence-corrected chi connectivity index (χ0v) is 19.5. The van der Waals surface area contributed by atoms with Gasteiger partial charge in [-0.2, -0.15) is 4.89 Å². The van der Waals surface area contributed by atoms with Crippen LogP contribution in [0.15, 0.2) is 18.2 Å². The molecule has 0 aromatic heterocycles. The molecule has 6 nitrogen and oxygen atoms in total. The first-order valence-corrected chi connectivity index (χ1v) is 13.4. The summed E-state index contributed by atoms with van der Waals surface area (Å²) in [6.45, 7) is 2.34. The zero-order valence-electron chi connectivity index (χ0n) is 17.1. The Labute approximate surface area is 187 Å². The highest BCUT2D eigenvalue weighted by atomic mass is 35.5. The predicted molar refractivity (Wildman–Crippen MR) is 114 cm³/mol. The van der Waals surface area contributed by atoms with E-state index >= 15 is 0 Å². The van der Waals surface area contributed by atoms with Crippen molar-refractivity contribution in [1.29, 1.82) is 0 Å². The van der Waals surface area contributed by atoms with Crippen LogP contribution < -0.4 is 0 Å². The lowest BCUT2D eigenvalue weighted by atomic mass is 9.54. The Kier molecular flexibility index (Phi) is 6.63. The second kappa shape index (κ2) is 8.64. The molecule has 1 aromatic rings. The van der Waals surface area contributed by atoms with Gasteiger partial charge in [0.2, 0.25) is 0 Å². The summed E-state index contributed by atoms with van der Waals surface area (Å²) in [7, 11) is -4.28. The quantitative estimate of drug-likeness (QED) is 0.311. The van der Waals surface area contributed by atoms with Crippen molar-refractivity contribution in [2.75, 3.05) is 12.5 Å². The monoisotopic (exact) mass is 478 g/mol. The van der Waals surface area contributed by atoms with Crippen molar-refractivity contribution in [3.63, 3.8) is 0 Å². The van der Waals surface area contributed by atoms with Crippen LogP contribution in [0.2, 0.25) is 5.02 Å². The first-order chi connectivity index (χ1) is 14.3. The van der Waals surface area contributed by atoms with E-state index in [4.69, 9.17) is 37.7 Å². The SMILES string of the molecule is CCOC1(c2ccc(Cl)c(CP(=O)(O)O)c2)OOC12C1CCCC2CC(CCCl)C1. The molecule has 0 radical (unpaired) electrons. The molecule has 3 atom stereocenters. The van der Waals surface area contributed by atoms with Crippen LogP contribution in [0.5, 0.6) is 0 Å². The lowest BCUT2D eigenvalue weighted by molar-refractivity contribution is -0.645. The molecule has 1 heterocycles. The molecule has 3 unspecified atom stereocenters. The van der Waals surface area contributed by atoms with Crippen LogP contribution in [0.25, 0.3) is 0 Å². The molecule has 3 aliphatic rings. The molecular weight excluding hydrogens is 450 g/mol. The van der Waals surface area contributed by atoms with E-state index in [-0.39, 0.29) is 11.8 Å². The fourth-order valence-electron chi connectivity index (χ4n) is 5.96. The minimum Gasteiger partial charge on any atom is -0.342 e. The average Bonchev–Trinajstić information content (AvgIpc) is 2.65. The van der Waals surface area contributed by atoms with Crippen LogP contribution in [0.4, 0.5) is 0 Å². The Balaban J connectivity index is 1.75. The van der Waals surface area contributed by atoms with E-state index < -0.39 is 25.1 Å². The second-order valence-electron chi connectivity index (χ2n) is 8.78. The van der Waals surface area contributed by atoms with E-state index in [2.05, 4.69) is 0 Å². The third-order valence-electron chi connectivity index (χ3n) is 7.03. The highest BCUT2D eigenvalue weighted by Crippen LogP contribution is 2.66. The minimum absolute atomic E-state index is 0.277. The Morgan fingerprint density at radius 3 is 2.47 bits per heavy atom. The molecule has 2 bridgehead atoms. The van der Waals surface area contributed by atoms with Gasteiger partial charge in [-0.3, -0.25) is 4.57 Å². The first-order valence-electron chi connectivity index (χ1n) is 10.7. The molecule has 2 saturated carbocycles. The number of benzene rings is 1. The van der Waals surface area contributed by atoms with Crippen molar-refractivity contribution in [3.8, 4) is 0 Å². The Hall–Kier alpha value is -0.170. The standard InChI is InChI=1S/C21H29Cl2O6P/c1-2-27-21(18-6-7-19(23)15(12-18)13-30(24,25)26)20(28-29-21)16-4-3-5-17(20)11-14(10-16)8-9-22/h6-7,12,14,16-17H,2-5,8-11,13H2,1H3,(H2,24,25,26). The highest BCUT2D eigenvalue weighted by molar-refractivity contribution is 7.50. The van der Waals surface area contributed by atoms with Crippen molar-refractivity contribution >= 4 is 30.8 Å². The van der Waals surface area contributed by atoms with E-state index in [0.29, 0.717) is 34.6 Å². The Bertz CT molecular complexity index is 816. The second-order valence-corrected chi connectivity index (χ2v) is 11.2. The fraction of sp³-hybridized carbons (Fsp3) is 0.714. The number of alkyl halides is 1. The van der Waals surface area contributed by atoms with Crippen LogP contribution in [-0.2, 0) is 31.0 Å². The molecule has 9 heteroatoms. The average molecular weight is 479 g/mol. The fourth-order valence-corrected chi connectivity index (χ4v) is 7.25. The van der Waals surface area contributed by atoms with Crippen LogP contribution in [0, 0.1) is 17.8 Å². The molecular formula is C21H29Cl2O6P. The number of hydrogen-bond donors (Lipinski definition) is 2. The van der Waals surface area contributed by atoms with Gasteiger partial charge < -0.3 is 14.5 Å². The first kappa shape index (κ1) is 23.0. The smallest absolute Gasteiger partial charge is 0.329 e. The van der Waals surface area contributed by atoms with Gasteiger partial charge in [-0.25, -0.2) is 4.89 Å². The summed E-state index contributed by atoms with van der Waals surface area (Å²) >= 11 is 12.3. The molecule has 3 fully saturated rings. The third-order valence-corrected chi connectivity index (χ3v) is 8.37.